The molecular weight excluding hydrogens is 404 g/mol. The number of ketones is 1. The second-order valence-corrected chi connectivity index (χ2v) is 8.67. The zero-order valence-electron chi connectivity index (χ0n) is 15.0. The molecule has 1 aromatic heterocycles. The fourth-order valence-electron chi connectivity index (χ4n) is 2.89. The number of piperidine rings is 1. The standard InChI is InChI=1S/C19H19ClN2O5S/c20-16-8-7-14(28(25,26)22-10-4-1-5-11-22)12-15(16)19(24)27-13-18(23)17-6-2-3-9-21-17/h2-3,6-9,12H,1,4-5,10-11,13H2. The van der Waals surface area contributed by atoms with Gasteiger partial charge in [-0.25, -0.2) is 13.2 Å². The lowest BCUT2D eigenvalue weighted by atomic mass is 10.2. The fraction of sp³-hybridized carbons (Fsp3) is 0.316. The number of Topliss-reactive ketones (excluding diaryl/α,β-unsaturated/α-hetero) is 1. The lowest BCUT2D eigenvalue weighted by Gasteiger charge is -2.26. The molecular formula is C19H19ClN2O5S. The van der Waals surface area contributed by atoms with Crippen LogP contribution >= 0.6 is 11.6 Å². The van der Waals surface area contributed by atoms with Crippen molar-refractivity contribution in [3.63, 3.8) is 0 Å². The zero-order chi connectivity index (χ0) is 20.1. The first-order valence-electron chi connectivity index (χ1n) is 8.80. The van der Waals surface area contributed by atoms with Crippen LogP contribution in [0.1, 0.15) is 40.1 Å². The van der Waals surface area contributed by atoms with Crippen LogP contribution in [0.4, 0.5) is 0 Å². The van der Waals surface area contributed by atoms with Gasteiger partial charge >= 0.3 is 5.97 Å². The van der Waals surface area contributed by atoms with Gasteiger partial charge in [-0.2, -0.15) is 4.31 Å². The van der Waals surface area contributed by atoms with Gasteiger partial charge in [0.05, 0.1) is 15.5 Å². The largest absolute Gasteiger partial charge is 0.454 e. The number of sulfonamides is 1. The number of halogens is 1. The number of benzene rings is 1. The van der Waals surface area contributed by atoms with Crippen molar-refractivity contribution in [2.75, 3.05) is 19.7 Å². The minimum Gasteiger partial charge on any atom is -0.454 e. The summed E-state index contributed by atoms with van der Waals surface area (Å²) in [5.74, 6) is -1.34. The van der Waals surface area contributed by atoms with Crippen LogP contribution in [0.15, 0.2) is 47.5 Å². The van der Waals surface area contributed by atoms with Crippen molar-refractivity contribution >= 4 is 33.4 Å². The minimum absolute atomic E-state index is 0.0261. The summed E-state index contributed by atoms with van der Waals surface area (Å²) in [5.41, 5.74) is 0.0661. The van der Waals surface area contributed by atoms with Gasteiger partial charge < -0.3 is 4.74 Å². The van der Waals surface area contributed by atoms with Crippen LogP contribution in [-0.2, 0) is 14.8 Å². The zero-order valence-corrected chi connectivity index (χ0v) is 16.6. The predicted molar refractivity (Wildman–Crippen MR) is 103 cm³/mol. The second kappa shape index (κ2) is 8.81. The molecule has 7 nitrogen and oxygen atoms in total. The first kappa shape index (κ1) is 20.4. The molecule has 1 saturated heterocycles. The Balaban J connectivity index is 1.75. The molecule has 9 heteroatoms. The van der Waals surface area contributed by atoms with Crippen molar-refractivity contribution in [2.24, 2.45) is 0 Å². The van der Waals surface area contributed by atoms with Crippen molar-refractivity contribution in [3.05, 3.63) is 58.9 Å². The third kappa shape index (κ3) is 4.57. The highest BCUT2D eigenvalue weighted by molar-refractivity contribution is 7.89. The molecule has 3 rings (SSSR count). The van der Waals surface area contributed by atoms with Gasteiger partial charge in [0, 0.05) is 19.3 Å². The van der Waals surface area contributed by atoms with E-state index in [1.54, 1.807) is 12.1 Å². The highest BCUT2D eigenvalue weighted by atomic mass is 35.5. The average molecular weight is 423 g/mol. The van der Waals surface area contributed by atoms with Crippen LogP contribution in [0.5, 0.6) is 0 Å². The molecule has 0 atom stereocenters. The molecule has 0 bridgehead atoms. The molecule has 0 radical (unpaired) electrons. The maximum atomic E-state index is 12.8. The molecule has 1 aromatic carbocycles. The summed E-state index contributed by atoms with van der Waals surface area (Å²) in [4.78, 5) is 28.3. The molecule has 1 aliphatic rings. The number of hydrogen-bond acceptors (Lipinski definition) is 6. The normalized spacial score (nSPS) is 15.2. The van der Waals surface area contributed by atoms with E-state index in [4.69, 9.17) is 16.3 Å². The van der Waals surface area contributed by atoms with Gasteiger partial charge in [0.2, 0.25) is 15.8 Å². The Labute approximate surface area is 168 Å². The molecule has 0 amide bonds. The number of nitrogens with zero attached hydrogens (tertiary/aromatic N) is 2. The molecule has 2 aromatic rings. The molecule has 0 unspecified atom stereocenters. The Morgan fingerprint density at radius 3 is 2.54 bits per heavy atom. The molecule has 1 fully saturated rings. The van der Waals surface area contributed by atoms with E-state index < -0.39 is 28.4 Å². The fourth-order valence-corrected chi connectivity index (χ4v) is 4.62. The van der Waals surface area contributed by atoms with E-state index in [2.05, 4.69) is 4.98 Å². The van der Waals surface area contributed by atoms with Gasteiger partial charge in [-0.05, 0) is 43.2 Å². The lowest BCUT2D eigenvalue weighted by molar-refractivity contribution is 0.0473. The van der Waals surface area contributed by atoms with Gasteiger partial charge in [0.25, 0.3) is 0 Å². The lowest BCUT2D eigenvalue weighted by Crippen LogP contribution is -2.35. The van der Waals surface area contributed by atoms with Crippen LogP contribution in [0, 0.1) is 0 Å². The summed E-state index contributed by atoms with van der Waals surface area (Å²) in [6, 6.07) is 8.72. The van der Waals surface area contributed by atoms with Gasteiger partial charge in [-0.3, -0.25) is 9.78 Å². The van der Waals surface area contributed by atoms with E-state index >= 15 is 0 Å². The summed E-state index contributed by atoms with van der Waals surface area (Å²) < 4.78 is 32.0. The van der Waals surface area contributed by atoms with Crippen molar-refractivity contribution in [1.82, 2.24) is 9.29 Å². The summed E-state index contributed by atoms with van der Waals surface area (Å²) in [6.45, 7) is 0.377. The number of esters is 1. The van der Waals surface area contributed by atoms with Crippen LogP contribution in [0.25, 0.3) is 0 Å². The minimum atomic E-state index is -3.72. The molecule has 0 saturated carbocycles. The first-order valence-corrected chi connectivity index (χ1v) is 10.6. The first-order chi connectivity index (χ1) is 13.4. The Kier molecular flexibility index (Phi) is 6.43. The Morgan fingerprint density at radius 2 is 1.86 bits per heavy atom. The molecule has 2 heterocycles. The average Bonchev–Trinajstić information content (AvgIpc) is 2.73. The van der Waals surface area contributed by atoms with Crippen LogP contribution in [-0.4, -0.2) is 49.2 Å². The third-order valence-corrected chi connectivity index (χ3v) is 6.62. The molecule has 148 valence electrons. The van der Waals surface area contributed by atoms with E-state index in [1.807, 2.05) is 0 Å². The van der Waals surface area contributed by atoms with Gasteiger partial charge in [-0.15, -0.1) is 0 Å². The quantitative estimate of drug-likeness (QED) is 0.524. The Bertz CT molecular complexity index is 973. The monoisotopic (exact) mass is 422 g/mol. The van der Waals surface area contributed by atoms with Crippen molar-refractivity contribution in [3.8, 4) is 0 Å². The number of rotatable bonds is 6. The summed E-state index contributed by atoms with van der Waals surface area (Å²) >= 11 is 6.05. The smallest absolute Gasteiger partial charge is 0.340 e. The van der Waals surface area contributed by atoms with E-state index in [9.17, 15) is 18.0 Å². The summed E-state index contributed by atoms with van der Waals surface area (Å²) in [5, 5.41) is 0.0490. The molecule has 28 heavy (non-hydrogen) atoms. The SMILES string of the molecule is O=C(COC(=O)c1cc(S(=O)(=O)N2CCCCC2)ccc1Cl)c1ccccn1. The number of ether oxygens (including phenoxy) is 1. The molecule has 1 aliphatic heterocycles. The topological polar surface area (TPSA) is 93.6 Å². The van der Waals surface area contributed by atoms with Crippen molar-refractivity contribution < 1.29 is 22.7 Å². The Morgan fingerprint density at radius 1 is 1.11 bits per heavy atom. The predicted octanol–water partition coefficient (Wildman–Crippen LogP) is 2.95. The van der Waals surface area contributed by atoms with Crippen molar-refractivity contribution in [2.45, 2.75) is 24.2 Å². The van der Waals surface area contributed by atoms with Gasteiger partial charge in [-0.1, -0.05) is 24.1 Å². The number of carbonyl (C=O) groups is 2. The Hall–Kier alpha value is -2.29. The maximum absolute atomic E-state index is 12.8. The number of aromatic nitrogens is 1. The number of hydrogen-bond donors (Lipinski definition) is 0. The summed E-state index contributed by atoms with van der Waals surface area (Å²) in [6.07, 6.45) is 4.06. The van der Waals surface area contributed by atoms with Crippen LogP contribution in [0.3, 0.4) is 0 Å². The van der Waals surface area contributed by atoms with Gasteiger partial charge in [0.15, 0.2) is 6.61 Å². The van der Waals surface area contributed by atoms with E-state index in [1.165, 1.54) is 34.8 Å². The van der Waals surface area contributed by atoms with Crippen molar-refractivity contribution in [1.29, 1.82) is 0 Å². The third-order valence-electron chi connectivity index (χ3n) is 4.40. The van der Waals surface area contributed by atoms with E-state index in [0.717, 1.165) is 19.3 Å². The van der Waals surface area contributed by atoms with Crippen LogP contribution < -0.4 is 0 Å². The molecule has 0 aliphatic carbocycles. The van der Waals surface area contributed by atoms with E-state index in [0.29, 0.717) is 13.1 Å². The number of carbonyl (C=O) groups excluding carboxylic acids is 2. The second-order valence-electron chi connectivity index (χ2n) is 6.32. The molecule has 0 spiro atoms. The highest BCUT2D eigenvalue weighted by Gasteiger charge is 2.27. The summed E-state index contributed by atoms with van der Waals surface area (Å²) in [7, 11) is -3.72. The molecule has 0 N–H and O–H groups in total. The highest BCUT2D eigenvalue weighted by Crippen LogP contribution is 2.25. The van der Waals surface area contributed by atoms with E-state index in [-0.39, 0.29) is 21.2 Å². The maximum Gasteiger partial charge on any atom is 0.340 e. The van der Waals surface area contributed by atoms with Gasteiger partial charge in [0.1, 0.15) is 5.69 Å². The number of pyridine rings is 1. The van der Waals surface area contributed by atoms with Crippen LogP contribution in [0.2, 0.25) is 5.02 Å².